The number of alkyl halides is 3. The number of rotatable bonds is 2. The molecule has 3 aromatic rings. The van der Waals surface area contributed by atoms with Gasteiger partial charge >= 0.3 is 6.18 Å². The molecule has 0 atom stereocenters. The Morgan fingerprint density at radius 1 is 0.741 bits per heavy atom. The van der Waals surface area contributed by atoms with Crippen LogP contribution in [-0.4, -0.2) is 10.1 Å². The van der Waals surface area contributed by atoms with Crippen molar-refractivity contribution in [3.8, 4) is 28.1 Å². The zero-order chi connectivity index (χ0) is 19.9. The van der Waals surface area contributed by atoms with Gasteiger partial charge in [-0.3, -0.25) is 0 Å². The Morgan fingerprint density at radius 3 is 1.81 bits per heavy atom. The zero-order valence-corrected chi connectivity index (χ0v) is 13.1. The molecule has 140 valence electrons. The van der Waals surface area contributed by atoms with Gasteiger partial charge in [-0.1, -0.05) is 18.2 Å². The first kappa shape index (κ1) is 18.7. The second-order valence-electron chi connectivity index (χ2n) is 5.45. The van der Waals surface area contributed by atoms with E-state index in [0.717, 1.165) is 36.4 Å². The van der Waals surface area contributed by atoms with Gasteiger partial charge in [0.1, 0.15) is 17.1 Å². The van der Waals surface area contributed by atoms with E-state index in [4.69, 9.17) is 0 Å². The third-order valence-electron chi connectivity index (χ3n) is 3.73. The van der Waals surface area contributed by atoms with Gasteiger partial charge in [0.2, 0.25) is 0 Å². The Kier molecular flexibility index (Phi) is 4.54. The molecule has 1 heterocycles. The summed E-state index contributed by atoms with van der Waals surface area (Å²) in [5.74, 6) is -6.87. The van der Waals surface area contributed by atoms with E-state index in [1.165, 1.54) is 0 Å². The molecule has 1 N–H and O–H groups in total. The molecular weight excluding hydrogens is 379 g/mol. The normalized spacial score (nSPS) is 11.7. The van der Waals surface area contributed by atoms with Gasteiger partial charge in [-0.2, -0.15) is 13.2 Å². The lowest BCUT2D eigenvalue weighted by molar-refractivity contribution is -0.141. The molecule has 3 rings (SSSR count). The predicted octanol–water partition coefficient (Wildman–Crippen LogP) is 5.70. The topological polar surface area (TPSA) is 33.1 Å². The molecule has 0 amide bonds. The Balaban J connectivity index is 2.39. The number of hydrogen-bond donors (Lipinski definition) is 1. The van der Waals surface area contributed by atoms with Crippen LogP contribution >= 0.6 is 0 Å². The maximum absolute atomic E-state index is 14.1. The van der Waals surface area contributed by atoms with Gasteiger partial charge in [0, 0.05) is 16.7 Å². The third-order valence-corrected chi connectivity index (χ3v) is 3.73. The molecule has 0 unspecified atom stereocenters. The Labute approximate surface area is 147 Å². The molecule has 0 aliphatic carbocycles. The number of hydrogen-bond acceptors (Lipinski definition) is 2. The highest BCUT2D eigenvalue weighted by molar-refractivity contribution is 5.80. The minimum absolute atomic E-state index is 0.299. The molecule has 0 spiro atoms. The van der Waals surface area contributed by atoms with Crippen LogP contribution in [0.25, 0.3) is 22.4 Å². The Morgan fingerprint density at radius 2 is 1.26 bits per heavy atom. The molecular formula is C18H8F7NO. The summed E-state index contributed by atoms with van der Waals surface area (Å²) in [6.45, 7) is 0. The van der Waals surface area contributed by atoms with Crippen LogP contribution in [0.1, 0.15) is 5.69 Å². The zero-order valence-electron chi connectivity index (χ0n) is 13.1. The summed E-state index contributed by atoms with van der Waals surface area (Å²) in [6.07, 6.45) is -5.05. The van der Waals surface area contributed by atoms with E-state index in [-0.39, 0.29) is 0 Å². The van der Waals surface area contributed by atoms with Crippen molar-refractivity contribution in [2.24, 2.45) is 0 Å². The Hall–Kier alpha value is -3.10. The summed E-state index contributed by atoms with van der Waals surface area (Å²) in [5, 5.41) is 10.3. The van der Waals surface area contributed by atoms with Crippen molar-refractivity contribution in [3.05, 3.63) is 71.4 Å². The quantitative estimate of drug-likeness (QED) is 0.573. The lowest BCUT2D eigenvalue weighted by Crippen LogP contribution is -2.10. The van der Waals surface area contributed by atoms with E-state index in [1.54, 1.807) is 0 Å². The highest BCUT2D eigenvalue weighted by Gasteiger charge is 2.35. The average Bonchev–Trinajstić information content (AvgIpc) is 2.59. The number of halogens is 7. The van der Waals surface area contributed by atoms with Crippen LogP contribution in [0.2, 0.25) is 0 Å². The minimum atomic E-state index is -5.05. The van der Waals surface area contributed by atoms with Crippen LogP contribution in [0.3, 0.4) is 0 Å². The summed E-state index contributed by atoms with van der Waals surface area (Å²) in [7, 11) is 0. The van der Waals surface area contributed by atoms with E-state index in [1.807, 2.05) is 0 Å². The van der Waals surface area contributed by atoms with Gasteiger partial charge in [0.15, 0.2) is 23.3 Å². The summed E-state index contributed by atoms with van der Waals surface area (Å²) in [4.78, 5) is 3.16. The van der Waals surface area contributed by atoms with Gasteiger partial charge in [-0.15, -0.1) is 0 Å². The smallest absolute Gasteiger partial charge is 0.433 e. The maximum atomic E-state index is 14.1. The first-order valence-electron chi connectivity index (χ1n) is 7.31. The fourth-order valence-corrected chi connectivity index (χ4v) is 2.48. The minimum Gasteiger partial charge on any atom is -0.505 e. The standard InChI is InChI=1S/C18H8F7NO/c19-11-5-1-3-8(14(11)21)10-7-13(18(23,24)25)26-16(17(10)27)9-4-2-6-12(20)15(9)22/h1-7,27H. The summed E-state index contributed by atoms with van der Waals surface area (Å²) >= 11 is 0. The lowest BCUT2D eigenvalue weighted by Gasteiger charge is -2.15. The third kappa shape index (κ3) is 3.32. The maximum Gasteiger partial charge on any atom is 0.433 e. The monoisotopic (exact) mass is 387 g/mol. The van der Waals surface area contributed by atoms with Crippen LogP contribution in [0.4, 0.5) is 30.7 Å². The fraction of sp³-hybridized carbons (Fsp3) is 0.0556. The van der Waals surface area contributed by atoms with E-state index < -0.39 is 63.3 Å². The van der Waals surface area contributed by atoms with Gasteiger partial charge in [0.05, 0.1) is 0 Å². The van der Waals surface area contributed by atoms with Crippen LogP contribution in [0.15, 0.2) is 42.5 Å². The van der Waals surface area contributed by atoms with E-state index in [9.17, 15) is 35.8 Å². The highest BCUT2D eigenvalue weighted by atomic mass is 19.4. The van der Waals surface area contributed by atoms with Crippen molar-refractivity contribution in [3.63, 3.8) is 0 Å². The van der Waals surface area contributed by atoms with Gasteiger partial charge in [0.25, 0.3) is 0 Å². The van der Waals surface area contributed by atoms with Crippen LogP contribution in [0, 0.1) is 23.3 Å². The molecule has 27 heavy (non-hydrogen) atoms. The van der Waals surface area contributed by atoms with Crippen molar-refractivity contribution in [1.29, 1.82) is 0 Å². The summed E-state index contributed by atoms with van der Waals surface area (Å²) in [5.41, 5.74) is -4.79. The van der Waals surface area contributed by atoms with Gasteiger partial charge < -0.3 is 5.11 Å². The van der Waals surface area contributed by atoms with E-state index in [0.29, 0.717) is 6.07 Å². The molecule has 0 bridgehead atoms. The van der Waals surface area contributed by atoms with Gasteiger partial charge in [-0.05, 0) is 24.3 Å². The molecule has 2 nitrogen and oxygen atoms in total. The summed E-state index contributed by atoms with van der Waals surface area (Å²) in [6, 6.07) is 5.59. The molecule has 0 saturated carbocycles. The van der Waals surface area contributed by atoms with Crippen molar-refractivity contribution < 1.29 is 35.8 Å². The predicted molar refractivity (Wildman–Crippen MR) is 81.6 cm³/mol. The SMILES string of the molecule is Oc1c(-c2cccc(F)c2F)cc(C(F)(F)F)nc1-c1cccc(F)c1F. The van der Waals surface area contributed by atoms with Crippen molar-refractivity contribution in [2.75, 3.05) is 0 Å². The van der Waals surface area contributed by atoms with E-state index >= 15 is 0 Å². The molecule has 2 aromatic carbocycles. The number of aromatic nitrogens is 1. The Bertz CT molecular complexity index is 958. The van der Waals surface area contributed by atoms with Gasteiger partial charge in [-0.25, -0.2) is 22.5 Å². The molecule has 0 fully saturated rings. The average molecular weight is 387 g/mol. The second kappa shape index (κ2) is 6.57. The van der Waals surface area contributed by atoms with Crippen molar-refractivity contribution in [1.82, 2.24) is 4.98 Å². The molecule has 0 aliphatic rings. The fourth-order valence-electron chi connectivity index (χ4n) is 2.48. The van der Waals surface area contributed by atoms with Crippen LogP contribution in [0.5, 0.6) is 5.75 Å². The van der Waals surface area contributed by atoms with E-state index in [2.05, 4.69) is 4.98 Å². The molecule has 9 heteroatoms. The highest BCUT2D eigenvalue weighted by Crippen LogP contribution is 2.42. The molecule has 1 aromatic heterocycles. The number of nitrogens with zero attached hydrogens (tertiary/aromatic N) is 1. The number of pyridine rings is 1. The van der Waals surface area contributed by atoms with Crippen LogP contribution < -0.4 is 0 Å². The largest absolute Gasteiger partial charge is 0.505 e. The number of aromatic hydroxyl groups is 1. The second-order valence-corrected chi connectivity index (χ2v) is 5.45. The van der Waals surface area contributed by atoms with Crippen molar-refractivity contribution >= 4 is 0 Å². The first-order valence-corrected chi connectivity index (χ1v) is 7.31. The summed E-state index contributed by atoms with van der Waals surface area (Å²) < 4.78 is 94.6. The van der Waals surface area contributed by atoms with Crippen LogP contribution in [-0.2, 0) is 6.18 Å². The van der Waals surface area contributed by atoms with Crippen molar-refractivity contribution in [2.45, 2.75) is 6.18 Å². The first-order chi connectivity index (χ1) is 12.6. The molecule has 0 aliphatic heterocycles. The lowest BCUT2D eigenvalue weighted by atomic mass is 9.99. The molecule has 0 radical (unpaired) electrons. The number of benzene rings is 2. The molecule has 0 saturated heterocycles.